The van der Waals surface area contributed by atoms with Gasteiger partial charge in [0, 0.05) is 44.2 Å². The number of amides is 1. The van der Waals surface area contributed by atoms with Gasteiger partial charge in [0.1, 0.15) is 5.82 Å². The summed E-state index contributed by atoms with van der Waals surface area (Å²) in [5, 5.41) is 4.60. The van der Waals surface area contributed by atoms with Gasteiger partial charge in [0.2, 0.25) is 5.91 Å². The molecule has 1 aromatic carbocycles. The van der Waals surface area contributed by atoms with Crippen LogP contribution in [0.25, 0.3) is 0 Å². The first-order valence-electron chi connectivity index (χ1n) is 8.07. The highest BCUT2D eigenvalue weighted by Gasteiger charge is 2.21. The third-order valence-corrected chi connectivity index (χ3v) is 5.43. The number of carbonyl (C=O) groups is 1. The lowest BCUT2D eigenvalue weighted by Gasteiger charge is -2.35. The van der Waals surface area contributed by atoms with Crippen LogP contribution in [-0.4, -0.2) is 41.9 Å². The summed E-state index contributed by atoms with van der Waals surface area (Å²) in [5.74, 6) is -0.0922. The van der Waals surface area contributed by atoms with Gasteiger partial charge in [0.15, 0.2) is 0 Å². The average molecular weight is 367 g/mol. The number of rotatable bonds is 5. The lowest BCUT2D eigenvalue weighted by Crippen LogP contribution is -2.48. The molecule has 1 aliphatic rings. The Morgan fingerprint density at radius 2 is 2.00 bits per heavy atom. The summed E-state index contributed by atoms with van der Waals surface area (Å²) in [6.07, 6.45) is 1.38. The molecule has 0 atom stereocenters. The minimum absolute atomic E-state index is 0.223. The smallest absolute Gasteiger partial charge is 0.222 e. The van der Waals surface area contributed by atoms with Crippen molar-refractivity contribution in [1.29, 1.82) is 0 Å². The molecule has 1 aromatic heterocycles. The van der Waals surface area contributed by atoms with Crippen molar-refractivity contribution in [2.45, 2.75) is 19.4 Å². The van der Waals surface area contributed by atoms with E-state index in [1.807, 2.05) is 10.3 Å². The zero-order valence-electron chi connectivity index (χ0n) is 13.4. The quantitative estimate of drug-likeness (QED) is 0.803. The summed E-state index contributed by atoms with van der Waals surface area (Å²) in [7, 11) is 0. The number of thiophene rings is 1. The van der Waals surface area contributed by atoms with Gasteiger partial charge in [-0.05, 0) is 46.5 Å². The molecular weight excluding hydrogens is 347 g/mol. The third kappa shape index (κ3) is 4.56. The number of benzene rings is 1. The van der Waals surface area contributed by atoms with Crippen molar-refractivity contribution in [3.8, 4) is 0 Å². The molecule has 1 amide bonds. The molecule has 2 heterocycles. The molecule has 1 aliphatic heterocycles. The van der Waals surface area contributed by atoms with Gasteiger partial charge in [-0.1, -0.05) is 17.7 Å². The molecule has 0 spiro atoms. The zero-order valence-corrected chi connectivity index (χ0v) is 15.0. The van der Waals surface area contributed by atoms with E-state index in [1.54, 1.807) is 17.4 Å². The molecular formula is C18H20ClFN2OS. The first-order chi connectivity index (χ1) is 11.6. The Kier molecular flexibility index (Phi) is 5.87. The van der Waals surface area contributed by atoms with Gasteiger partial charge in [-0.2, -0.15) is 11.3 Å². The molecule has 3 nitrogen and oxygen atoms in total. The van der Waals surface area contributed by atoms with Gasteiger partial charge in [-0.3, -0.25) is 9.69 Å². The fourth-order valence-corrected chi connectivity index (χ4v) is 3.82. The van der Waals surface area contributed by atoms with Crippen LogP contribution >= 0.6 is 22.9 Å². The second-order valence-electron chi connectivity index (χ2n) is 6.02. The summed E-state index contributed by atoms with van der Waals surface area (Å²) in [4.78, 5) is 16.5. The van der Waals surface area contributed by atoms with Gasteiger partial charge in [0.25, 0.3) is 0 Å². The highest BCUT2D eigenvalue weighted by atomic mass is 35.5. The van der Waals surface area contributed by atoms with Gasteiger partial charge >= 0.3 is 0 Å². The minimum Gasteiger partial charge on any atom is -0.340 e. The van der Waals surface area contributed by atoms with E-state index in [9.17, 15) is 9.18 Å². The monoisotopic (exact) mass is 366 g/mol. The largest absolute Gasteiger partial charge is 0.340 e. The number of hydrogen-bond donors (Lipinski definition) is 0. The van der Waals surface area contributed by atoms with Crippen LogP contribution in [0.5, 0.6) is 0 Å². The van der Waals surface area contributed by atoms with Crippen LogP contribution in [0.15, 0.2) is 35.0 Å². The lowest BCUT2D eigenvalue weighted by molar-refractivity contribution is -0.133. The summed E-state index contributed by atoms with van der Waals surface area (Å²) in [5.41, 5.74) is 2.16. The second kappa shape index (κ2) is 8.10. The molecule has 0 radical (unpaired) electrons. The van der Waals surface area contributed by atoms with Crippen LogP contribution in [0.3, 0.4) is 0 Å². The van der Waals surface area contributed by atoms with E-state index in [0.717, 1.165) is 38.2 Å². The standard InChI is InChI=1S/C18H20ClFN2OS/c19-17-11-16(20)3-2-15(17)12-21-6-8-22(9-7-21)18(23)4-1-14-5-10-24-13-14/h2-3,5,10-11,13H,1,4,6-9,12H2. The Morgan fingerprint density at radius 3 is 2.67 bits per heavy atom. The molecule has 0 bridgehead atoms. The Bertz CT molecular complexity index is 684. The molecule has 1 saturated heterocycles. The minimum atomic E-state index is -0.315. The van der Waals surface area contributed by atoms with Crippen molar-refractivity contribution in [3.05, 3.63) is 57.0 Å². The van der Waals surface area contributed by atoms with Gasteiger partial charge in [-0.15, -0.1) is 0 Å². The highest BCUT2D eigenvalue weighted by molar-refractivity contribution is 7.07. The van der Waals surface area contributed by atoms with Crippen LogP contribution in [-0.2, 0) is 17.8 Å². The Morgan fingerprint density at radius 1 is 1.21 bits per heavy atom. The number of piperazine rings is 1. The number of carbonyl (C=O) groups excluding carboxylic acids is 1. The number of hydrogen-bond acceptors (Lipinski definition) is 3. The maximum absolute atomic E-state index is 13.1. The zero-order chi connectivity index (χ0) is 16.9. The summed E-state index contributed by atoms with van der Waals surface area (Å²) < 4.78 is 13.1. The third-order valence-electron chi connectivity index (χ3n) is 4.34. The first kappa shape index (κ1) is 17.4. The second-order valence-corrected chi connectivity index (χ2v) is 7.21. The van der Waals surface area contributed by atoms with Crippen molar-refractivity contribution in [1.82, 2.24) is 9.80 Å². The summed E-state index contributed by atoms with van der Waals surface area (Å²) >= 11 is 7.75. The fraction of sp³-hybridized carbons (Fsp3) is 0.389. The molecule has 0 N–H and O–H groups in total. The van der Waals surface area contributed by atoms with Crippen molar-refractivity contribution < 1.29 is 9.18 Å². The van der Waals surface area contributed by atoms with E-state index < -0.39 is 0 Å². The van der Waals surface area contributed by atoms with Crippen molar-refractivity contribution in [2.75, 3.05) is 26.2 Å². The van der Waals surface area contributed by atoms with Crippen molar-refractivity contribution in [3.63, 3.8) is 0 Å². The molecule has 1 fully saturated rings. The molecule has 24 heavy (non-hydrogen) atoms. The van der Waals surface area contributed by atoms with Crippen LogP contribution in [0.2, 0.25) is 5.02 Å². The van der Waals surface area contributed by atoms with Crippen LogP contribution in [0.1, 0.15) is 17.5 Å². The average Bonchev–Trinajstić information content (AvgIpc) is 3.09. The maximum atomic E-state index is 13.1. The van der Waals surface area contributed by atoms with E-state index in [4.69, 9.17) is 11.6 Å². The maximum Gasteiger partial charge on any atom is 0.222 e. The number of halogens is 2. The van der Waals surface area contributed by atoms with Crippen LogP contribution < -0.4 is 0 Å². The molecule has 2 aromatic rings. The normalized spacial score (nSPS) is 15.7. The Labute approximate surface area is 150 Å². The Balaban J connectivity index is 1.45. The molecule has 128 valence electrons. The predicted molar refractivity (Wildman–Crippen MR) is 95.9 cm³/mol. The first-order valence-corrected chi connectivity index (χ1v) is 9.39. The Hall–Kier alpha value is -1.43. The topological polar surface area (TPSA) is 23.6 Å². The lowest BCUT2D eigenvalue weighted by atomic mass is 10.1. The van der Waals surface area contributed by atoms with Gasteiger partial charge in [0.05, 0.1) is 0 Å². The highest BCUT2D eigenvalue weighted by Crippen LogP contribution is 2.20. The predicted octanol–water partition coefficient (Wildman–Crippen LogP) is 3.82. The summed E-state index contributed by atoms with van der Waals surface area (Å²) in [6.45, 7) is 3.80. The molecule has 0 unspecified atom stereocenters. The molecule has 6 heteroatoms. The molecule has 0 aliphatic carbocycles. The molecule has 0 saturated carbocycles. The van der Waals surface area contributed by atoms with Gasteiger partial charge < -0.3 is 4.90 Å². The van der Waals surface area contributed by atoms with Crippen LogP contribution in [0, 0.1) is 5.82 Å². The molecule has 3 rings (SSSR count). The number of nitrogens with zero attached hydrogens (tertiary/aromatic N) is 2. The van der Waals surface area contributed by atoms with E-state index in [2.05, 4.69) is 16.3 Å². The van der Waals surface area contributed by atoms with Crippen molar-refractivity contribution in [2.24, 2.45) is 0 Å². The van der Waals surface area contributed by atoms with Gasteiger partial charge in [-0.25, -0.2) is 4.39 Å². The SMILES string of the molecule is O=C(CCc1ccsc1)N1CCN(Cc2ccc(F)cc2Cl)CC1. The van der Waals surface area contributed by atoms with Crippen LogP contribution in [0.4, 0.5) is 4.39 Å². The van der Waals surface area contributed by atoms with E-state index in [-0.39, 0.29) is 11.7 Å². The van der Waals surface area contributed by atoms with E-state index in [1.165, 1.54) is 17.7 Å². The summed E-state index contributed by atoms with van der Waals surface area (Å²) in [6, 6.07) is 6.59. The van der Waals surface area contributed by atoms with E-state index >= 15 is 0 Å². The van der Waals surface area contributed by atoms with Crippen molar-refractivity contribution >= 4 is 28.8 Å². The van der Waals surface area contributed by atoms with E-state index in [0.29, 0.717) is 18.0 Å². The fourth-order valence-electron chi connectivity index (χ4n) is 2.89. The number of aryl methyl sites for hydroxylation is 1.